The second kappa shape index (κ2) is 5.83. The number of aromatic nitrogens is 2. The summed E-state index contributed by atoms with van der Waals surface area (Å²) in [6.45, 7) is 7.47. The number of nitrogens with one attached hydrogen (secondary N) is 2. The lowest BCUT2D eigenvalue weighted by molar-refractivity contribution is 0.582. The summed E-state index contributed by atoms with van der Waals surface area (Å²) in [6, 6.07) is 8.83. The van der Waals surface area contributed by atoms with Crippen LogP contribution in [0.4, 0.5) is 0 Å². The molecule has 1 aromatic heterocycles. The molecule has 0 bridgehead atoms. The monoisotopic (exact) mass is 243 g/mol. The van der Waals surface area contributed by atoms with Crippen molar-refractivity contribution in [1.82, 2.24) is 15.5 Å². The lowest BCUT2D eigenvalue weighted by Crippen LogP contribution is -2.24. The number of nitrogens with zero attached hydrogens (tertiary/aromatic N) is 1. The Morgan fingerprint density at radius 2 is 2.11 bits per heavy atom. The molecule has 0 spiro atoms. The van der Waals surface area contributed by atoms with Gasteiger partial charge in [-0.2, -0.15) is 5.10 Å². The zero-order valence-corrected chi connectivity index (χ0v) is 11.3. The lowest BCUT2D eigenvalue weighted by atomic mass is 9.96. The molecular weight excluding hydrogens is 222 g/mol. The third-order valence-corrected chi connectivity index (χ3v) is 3.18. The number of aromatic amines is 1. The summed E-state index contributed by atoms with van der Waals surface area (Å²) in [5, 5.41) is 10.7. The van der Waals surface area contributed by atoms with E-state index in [4.69, 9.17) is 0 Å². The van der Waals surface area contributed by atoms with E-state index < -0.39 is 0 Å². The molecule has 18 heavy (non-hydrogen) atoms. The van der Waals surface area contributed by atoms with Crippen molar-refractivity contribution in [3.05, 3.63) is 52.8 Å². The molecule has 2 rings (SSSR count). The van der Waals surface area contributed by atoms with Crippen molar-refractivity contribution in [1.29, 1.82) is 0 Å². The van der Waals surface area contributed by atoms with E-state index in [-0.39, 0.29) is 6.04 Å². The van der Waals surface area contributed by atoms with Crippen LogP contribution >= 0.6 is 0 Å². The second-order valence-corrected chi connectivity index (χ2v) is 4.76. The van der Waals surface area contributed by atoms with Crippen molar-refractivity contribution in [2.45, 2.75) is 33.2 Å². The van der Waals surface area contributed by atoms with Crippen LogP contribution in [-0.4, -0.2) is 16.7 Å². The third-order valence-electron chi connectivity index (χ3n) is 3.18. The van der Waals surface area contributed by atoms with Crippen molar-refractivity contribution >= 4 is 0 Å². The SMILES string of the molecule is CCCNC(c1ccn[nH]1)c1cc(C)ccc1C. The Kier molecular flexibility index (Phi) is 4.15. The van der Waals surface area contributed by atoms with Gasteiger partial charge in [0.15, 0.2) is 0 Å². The van der Waals surface area contributed by atoms with Gasteiger partial charge in [0.2, 0.25) is 0 Å². The first-order valence-electron chi connectivity index (χ1n) is 6.52. The minimum atomic E-state index is 0.201. The zero-order chi connectivity index (χ0) is 13.0. The van der Waals surface area contributed by atoms with Crippen LogP contribution in [0.15, 0.2) is 30.5 Å². The number of aryl methyl sites for hydroxylation is 2. The van der Waals surface area contributed by atoms with Crippen LogP contribution in [0.5, 0.6) is 0 Å². The van der Waals surface area contributed by atoms with Crippen molar-refractivity contribution in [2.24, 2.45) is 0 Å². The highest BCUT2D eigenvalue weighted by Gasteiger charge is 2.16. The number of hydrogen-bond donors (Lipinski definition) is 2. The van der Waals surface area contributed by atoms with Crippen molar-refractivity contribution < 1.29 is 0 Å². The summed E-state index contributed by atoms with van der Waals surface area (Å²) in [7, 11) is 0. The lowest BCUT2D eigenvalue weighted by Gasteiger charge is -2.20. The fourth-order valence-electron chi connectivity index (χ4n) is 2.17. The summed E-state index contributed by atoms with van der Waals surface area (Å²) < 4.78 is 0. The minimum Gasteiger partial charge on any atom is -0.305 e. The summed E-state index contributed by atoms with van der Waals surface area (Å²) in [6.07, 6.45) is 2.93. The van der Waals surface area contributed by atoms with E-state index in [2.05, 4.69) is 54.5 Å². The van der Waals surface area contributed by atoms with Gasteiger partial charge in [0.05, 0.1) is 11.7 Å². The van der Waals surface area contributed by atoms with Crippen molar-refractivity contribution in [3.63, 3.8) is 0 Å². The van der Waals surface area contributed by atoms with Gasteiger partial charge in [-0.15, -0.1) is 0 Å². The number of benzene rings is 1. The summed E-state index contributed by atoms with van der Waals surface area (Å²) in [5.41, 5.74) is 5.05. The van der Waals surface area contributed by atoms with Crippen LogP contribution in [0.2, 0.25) is 0 Å². The van der Waals surface area contributed by atoms with E-state index in [1.807, 2.05) is 6.07 Å². The molecule has 3 heteroatoms. The van der Waals surface area contributed by atoms with E-state index in [0.29, 0.717) is 0 Å². The van der Waals surface area contributed by atoms with Crippen molar-refractivity contribution in [2.75, 3.05) is 6.54 Å². The number of H-pyrrole nitrogens is 1. The largest absolute Gasteiger partial charge is 0.305 e. The summed E-state index contributed by atoms with van der Waals surface area (Å²) in [4.78, 5) is 0. The molecule has 0 aliphatic carbocycles. The number of rotatable bonds is 5. The van der Waals surface area contributed by atoms with Gasteiger partial charge in [-0.05, 0) is 44.0 Å². The molecular formula is C15H21N3. The highest BCUT2D eigenvalue weighted by molar-refractivity contribution is 5.37. The highest BCUT2D eigenvalue weighted by Crippen LogP contribution is 2.24. The molecule has 0 aliphatic heterocycles. The van der Waals surface area contributed by atoms with E-state index in [9.17, 15) is 0 Å². The quantitative estimate of drug-likeness (QED) is 0.847. The fourth-order valence-corrected chi connectivity index (χ4v) is 2.17. The molecule has 3 nitrogen and oxygen atoms in total. The zero-order valence-electron chi connectivity index (χ0n) is 11.3. The summed E-state index contributed by atoms with van der Waals surface area (Å²) in [5.74, 6) is 0. The van der Waals surface area contributed by atoms with Crippen LogP contribution in [0.1, 0.15) is 41.8 Å². The molecule has 1 atom stereocenters. The van der Waals surface area contributed by atoms with Gasteiger partial charge in [0.1, 0.15) is 0 Å². The average molecular weight is 243 g/mol. The van der Waals surface area contributed by atoms with Gasteiger partial charge < -0.3 is 5.32 Å². The van der Waals surface area contributed by atoms with Gasteiger partial charge in [-0.1, -0.05) is 30.7 Å². The first kappa shape index (κ1) is 12.8. The van der Waals surface area contributed by atoms with E-state index in [1.54, 1.807) is 6.20 Å². The Balaban J connectivity index is 2.36. The molecule has 0 fully saturated rings. The fraction of sp³-hybridized carbons (Fsp3) is 0.400. The predicted octanol–water partition coefficient (Wildman–Crippen LogP) is 3.12. The normalized spacial score (nSPS) is 12.6. The molecule has 0 aliphatic rings. The van der Waals surface area contributed by atoms with Gasteiger partial charge in [0.25, 0.3) is 0 Å². The molecule has 0 radical (unpaired) electrons. The predicted molar refractivity (Wildman–Crippen MR) is 74.6 cm³/mol. The Morgan fingerprint density at radius 3 is 2.78 bits per heavy atom. The number of hydrogen-bond acceptors (Lipinski definition) is 2. The molecule has 0 saturated heterocycles. The van der Waals surface area contributed by atoms with E-state index >= 15 is 0 Å². The van der Waals surface area contributed by atoms with Gasteiger partial charge in [-0.3, -0.25) is 5.10 Å². The highest BCUT2D eigenvalue weighted by atomic mass is 15.1. The Bertz CT molecular complexity index is 488. The smallest absolute Gasteiger partial charge is 0.0748 e. The molecule has 2 N–H and O–H groups in total. The minimum absolute atomic E-state index is 0.201. The maximum absolute atomic E-state index is 4.06. The standard InChI is InChI=1S/C15H21N3/c1-4-8-16-15(14-7-9-17-18-14)13-10-11(2)5-6-12(13)3/h5-7,9-10,15-16H,4,8H2,1-3H3,(H,17,18). The van der Waals surface area contributed by atoms with Gasteiger partial charge in [0, 0.05) is 6.20 Å². The molecule has 2 aromatic rings. The van der Waals surface area contributed by atoms with Crippen LogP contribution in [-0.2, 0) is 0 Å². The Morgan fingerprint density at radius 1 is 1.28 bits per heavy atom. The topological polar surface area (TPSA) is 40.7 Å². The Hall–Kier alpha value is -1.61. The summed E-state index contributed by atoms with van der Waals surface area (Å²) >= 11 is 0. The first-order chi connectivity index (χ1) is 8.72. The first-order valence-corrected chi connectivity index (χ1v) is 6.52. The van der Waals surface area contributed by atoms with E-state index in [1.165, 1.54) is 16.7 Å². The molecule has 1 aromatic carbocycles. The third kappa shape index (κ3) is 2.79. The molecule has 0 amide bonds. The van der Waals surface area contributed by atoms with Crippen LogP contribution < -0.4 is 5.32 Å². The molecule has 1 heterocycles. The van der Waals surface area contributed by atoms with Crippen LogP contribution in [0.3, 0.4) is 0 Å². The van der Waals surface area contributed by atoms with Gasteiger partial charge >= 0.3 is 0 Å². The maximum Gasteiger partial charge on any atom is 0.0748 e. The second-order valence-electron chi connectivity index (χ2n) is 4.76. The Labute approximate surface area is 109 Å². The molecule has 0 saturated carbocycles. The van der Waals surface area contributed by atoms with Crippen LogP contribution in [0.25, 0.3) is 0 Å². The van der Waals surface area contributed by atoms with Crippen LogP contribution in [0, 0.1) is 13.8 Å². The molecule has 96 valence electrons. The maximum atomic E-state index is 4.06. The van der Waals surface area contributed by atoms with E-state index in [0.717, 1.165) is 18.7 Å². The van der Waals surface area contributed by atoms with Gasteiger partial charge in [-0.25, -0.2) is 0 Å². The molecule has 1 unspecified atom stereocenters. The van der Waals surface area contributed by atoms with Crippen molar-refractivity contribution in [3.8, 4) is 0 Å². The average Bonchev–Trinajstić information content (AvgIpc) is 2.88.